The maximum atomic E-state index is 12.9. The highest BCUT2D eigenvalue weighted by atomic mass is 79.9. The van der Waals surface area contributed by atoms with E-state index < -0.39 is 10.0 Å². The van der Waals surface area contributed by atoms with E-state index in [-0.39, 0.29) is 10.9 Å². The van der Waals surface area contributed by atoms with Crippen molar-refractivity contribution in [3.05, 3.63) is 22.7 Å². The smallest absolute Gasteiger partial charge is 0.247 e. The second kappa shape index (κ2) is 6.43. The zero-order valence-corrected chi connectivity index (χ0v) is 13.8. The number of nitrogens with two attached hydrogens (primary N) is 1. The fraction of sp³-hybridized carbons (Fsp3) is 0.538. The average molecular weight is 363 g/mol. The van der Waals surface area contributed by atoms with Crippen LogP contribution in [0.5, 0.6) is 5.75 Å². The predicted octanol–water partition coefficient (Wildman–Crippen LogP) is 1.96. The van der Waals surface area contributed by atoms with Gasteiger partial charge in [0, 0.05) is 23.6 Å². The Kier molecular flexibility index (Phi) is 5.06. The molecule has 1 aliphatic heterocycles. The van der Waals surface area contributed by atoms with Crippen molar-refractivity contribution in [2.45, 2.75) is 30.2 Å². The van der Waals surface area contributed by atoms with E-state index in [0.29, 0.717) is 23.3 Å². The lowest BCUT2D eigenvalue weighted by Gasteiger charge is -2.34. The number of halogens is 1. The first kappa shape index (κ1) is 15.8. The summed E-state index contributed by atoms with van der Waals surface area (Å²) < 4.78 is 33.1. The number of sulfonamides is 1. The largest absolute Gasteiger partial charge is 0.495 e. The topological polar surface area (TPSA) is 72.6 Å². The molecule has 0 spiro atoms. The summed E-state index contributed by atoms with van der Waals surface area (Å²) in [5.41, 5.74) is 5.72. The SMILES string of the molecule is COc1ccc(Br)cc1S(=O)(=O)N1CCCCC1CN. The Morgan fingerprint density at radius 3 is 2.85 bits per heavy atom. The predicted molar refractivity (Wildman–Crippen MR) is 81.3 cm³/mol. The normalized spacial score (nSPS) is 20.9. The van der Waals surface area contributed by atoms with Crippen LogP contribution in [0.15, 0.2) is 27.6 Å². The molecule has 1 unspecified atom stereocenters. The van der Waals surface area contributed by atoms with Crippen LogP contribution in [0, 0.1) is 0 Å². The Morgan fingerprint density at radius 1 is 1.45 bits per heavy atom. The number of hydrogen-bond acceptors (Lipinski definition) is 4. The minimum Gasteiger partial charge on any atom is -0.495 e. The lowest BCUT2D eigenvalue weighted by Crippen LogP contribution is -2.47. The highest BCUT2D eigenvalue weighted by Gasteiger charge is 2.34. The van der Waals surface area contributed by atoms with Gasteiger partial charge in [-0.25, -0.2) is 8.42 Å². The molecule has 1 heterocycles. The minimum absolute atomic E-state index is 0.127. The molecule has 2 rings (SSSR count). The van der Waals surface area contributed by atoms with Gasteiger partial charge in [0.15, 0.2) is 0 Å². The van der Waals surface area contributed by atoms with Gasteiger partial charge < -0.3 is 10.5 Å². The molecule has 0 bridgehead atoms. The fourth-order valence-corrected chi connectivity index (χ4v) is 4.90. The summed E-state index contributed by atoms with van der Waals surface area (Å²) in [5.74, 6) is 0.356. The number of benzene rings is 1. The number of methoxy groups -OCH3 is 1. The van der Waals surface area contributed by atoms with Gasteiger partial charge in [-0.2, -0.15) is 4.31 Å². The first-order valence-electron chi connectivity index (χ1n) is 6.56. The van der Waals surface area contributed by atoms with E-state index in [1.165, 1.54) is 11.4 Å². The molecule has 0 aliphatic carbocycles. The molecule has 0 radical (unpaired) electrons. The van der Waals surface area contributed by atoms with Crippen molar-refractivity contribution in [3.8, 4) is 5.75 Å². The Morgan fingerprint density at radius 2 is 2.20 bits per heavy atom. The van der Waals surface area contributed by atoms with Gasteiger partial charge in [-0.05, 0) is 31.0 Å². The van der Waals surface area contributed by atoms with Crippen molar-refractivity contribution in [1.82, 2.24) is 4.31 Å². The van der Waals surface area contributed by atoms with Crippen molar-refractivity contribution in [3.63, 3.8) is 0 Å². The van der Waals surface area contributed by atoms with Crippen LogP contribution in [0.1, 0.15) is 19.3 Å². The van der Waals surface area contributed by atoms with Gasteiger partial charge in [-0.15, -0.1) is 0 Å². The van der Waals surface area contributed by atoms with Gasteiger partial charge in [0.2, 0.25) is 10.0 Å². The third-order valence-electron chi connectivity index (χ3n) is 3.56. The molecule has 1 saturated heterocycles. The summed E-state index contributed by atoms with van der Waals surface area (Å²) in [7, 11) is -2.12. The van der Waals surface area contributed by atoms with Gasteiger partial charge in [0.1, 0.15) is 10.6 Å². The number of ether oxygens (including phenoxy) is 1. The maximum Gasteiger partial charge on any atom is 0.247 e. The monoisotopic (exact) mass is 362 g/mol. The van der Waals surface area contributed by atoms with Gasteiger partial charge in [-0.3, -0.25) is 0 Å². The minimum atomic E-state index is -3.59. The van der Waals surface area contributed by atoms with Crippen LogP contribution in [0.3, 0.4) is 0 Å². The summed E-state index contributed by atoms with van der Waals surface area (Å²) >= 11 is 3.31. The van der Waals surface area contributed by atoms with Crippen molar-refractivity contribution < 1.29 is 13.2 Å². The van der Waals surface area contributed by atoms with E-state index in [0.717, 1.165) is 19.3 Å². The molecule has 20 heavy (non-hydrogen) atoms. The fourth-order valence-electron chi connectivity index (χ4n) is 2.50. The van der Waals surface area contributed by atoms with Gasteiger partial charge in [0.05, 0.1) is 7.11 Å². The third-order valence-corrected chi connectivity index (χ3v) is 6.02. The van der Waals surface area contributed by atoms with Crippen LogP contribution < -0.4 is 10.5 Å². The molecular formula is C13H19BrN2O3S. The van der Waals surface area contributed by atoms with Crippen LogP contribution >= 0.6 is 15.9 Å². The van der Waals surface area contributed by atoms with Crippen LogP contribution in [0.2, 0.25) is 0 Å². The Labute approximate surface area is 128 Å². The van der Waals surface area contributed by atoms with Gasteiger partial charge in [-0.1, -0.05) is 22.4 Å². The van der Waals surface area contributed by atoms with Crippen LogP contribution in [0.4, 0.5) is 0 Å². The van der Waals surface area contributed by atoms with Crippen LogP contribution in [-0.2, 0) is 10.0 Å². The Balaban J connectivity index is 2.46. The Bertz CT molecular complexity index is 577. The van der Waals surface area contributed by atoms with Crippen LogP contribution in [0.25, 0.3) is 0 Å². The quantitative estimate of drug-likeness (QED) is 0.888. The molecule has 112 valence electrons. The van der Waals surface area contributed by atoms with Gasteiger partial charge in [0.25, 0.3) is 0 Å². The molecule has 1 aromatic rings. The van der Waals surface area contributed by atoms with Crippen molar-refractivity contribution in [2.24, 2.45) is 5.73 Å². The standard InChI is InChI=1S/C13H19BrN2O3S/c1-19-12-6-5-10(14)8-13(12)20(17,18)16-7-3-2-4-11(16)9-15/h5-6,8,11H,2-4,7,9,15H2,1H3. The zero-order valence-electron chi connectivity index (χ0n) is 11.4. The molecule has 5 nitrogen and oxygen atoms in total. The lowest BCUT2D eigenvalue weighted by atomic mass is 10.1. The van der Waals surface area contributed by atoms with E-state index in [9.17, 15) is 8.42 Å². The Hall–Kier alpha value is -0.630. The molecule has 0 amide bonds. The summed E-state index contributed by atoms with van der Waals surface area (Å²) in [6.45, 7) is 0.857. The summed E-state index contributed by atoms with van der Waals surface area (Å²) in [4.78, 5) is 0.190. The zero-order chi connectivity index (χ0) is 14.8. The van der Waals surface area contributed by atoms with Crippen molar-refractivity contribution in [1.29, 1.82) is 0 Å². The molecule has 1 aliphatic rings. The third kappa shape index (κ3) is 3.00. The first-order valence-corrected chi connectivity index (χ1v) is 8.79. The van der Waals surface area contributed by atoms with E-state index in [1.807, 2.05) is 0 Å². The summed E-state index contributed by atoms with van der Waals surface area (Å²) in [6.07, 6.45) is 2.70. The van der Waals surface area contributed by atoms with E-state index >= 15 is 0 Å². The number of piperidine rings is 1. The van der Waals surface area contributed by atoms with Crippen LogP contribution in [-0.4, -0.2) is 39.0 Å². The number of rotatable bonds is 4. The maximum absolute atomic E-state index is 12.9. The highest BCUT2D eigenvalue weighted by molar-refractivity contribution is 9.10. The molecule has 0 saturated carbocycles. The highest BCUT2D eigenvalue weighted by Crippen LogP contribution is 2.32. The molecule has 1 aromatic carbocycles. The average Bonchev–Trinajstić information content (AvgIpc) is 2.47. The van der Waals surface area contributed by atoms with E-state index in [4.69, 9.17) is 10.5 Å². The molecule has 7 heteroatoms. The molecule has 2 N–H and O–H groups in total. The van der Waals surface area contributed by atoms with Crippen molar-refractivity contribution in [2.75, 3.05) is 20.2 Å². The summed E-state index contributed by atoms with van der Waals surface area (Å²) in [5, 5.41) is 0. The first-order chi connectivity index (χ1) is 9.50. The second-order valence-corrected chi connectivity index (χ2v) is 7.57. The molecular weight excluding hydrogens is 344 g/mol. The summed E-state index contributed by atoms with van der Waals surface area (Å²) in [6, 6.07) is 4.86. The molecule has 1 atom stereocenters. The second-order valence-electron chi connectivity index (χ2n) is 4.80. The number of hydrogen-bond donors (Lipinski definition) is 1. The molecule has 0 aromatic heterocycles. The van der Waals surface area contributed by atoms with Crippen molar-refractivity contribution >= 4 is 26.0 Å². The van der Waals surface area contributed by atoms with E-state index in [1.54, 1.807) is 18.2 Å². The molecule has 1 fully saturated rings. The number of nitrogens with zero attached hydrogens (tertiary/aromatic N) is 1. The van der Waals surface area contributed by atoms with Gasteiger partial charge >= 0.3 is 0 Å². The lowest BCUT2D eigenvalue weighted by molar-refractivity contribution is 0.256. The van der Waals surface area contributed by atoms with E-state index in [2.05, 4.69) is 15.9 Å².